The normalized spacial score (nSPS) is 11.3. The lowest BCUT2D eigenvalue weighted by atomic mass is 9.95. The van der Waals surface area contributed by atoms with Crippen LogP contribution in [0.3, 0.4) is 0 Å². The standard InChI is InChI=1S/C24H16/c1-2-18-4-3-17(1)19-5-7-21(8-6-19)23-13-15-24(16-14-23)22-11-9-20(18)10-12-22/h1-16H. The Kier molecular flexibility index (Phi) is 2.89. The maximum absolute atomic E-state index is 2.21. The highest BCUT2D eigenvalue weighted by Crippen LogP contribution is 2.31. The second kappa shape index (κ2) is 5.21. The summed E-state index contributed by atoms with van der Waals surface area (Å²) in [6.07, 6.45) is 0. The summed E-state index contributed by atoms with van der Waals surface area (Å²) in [4.78, 5) is 0. The summed E-state index contributed by atoms with van der Waals surface area (Å²) < 4.78 is 0. The molecule has 0 fully saturated rings. The molecule has 0 saturated heterocycles. The van der Waals surface area contributed by atoms with Gasteiger partial charge in [0.15, 0.2) is 0 Å². The van der Waals surface area contributed by atoms with Gasteiger partial charge < -0.3 is 0 Å². The Labute approximate surface area is 142 Å². The van der Waals surface area contributed by atoms with Gasteiger partial charge in [0.25, 0.3) is 0 Å². The van der Waals surface area contributed by atoms with E-state index >= 15 is 0 Å². The molecule has 0 nitrogen and oxygen atoms in total. The van der Waals surface area contributed by atoms with Crippen LogP contribution in [-0.2, 0) is 0 Å². The Balaban J connectivity index is 1.78. The highest BCUT2D eigenvalue weighted by molar-refractivity contribution is 5.77. The molecule has 112 valence electrons. The van der Waals surface area contributed by atoms with Crippen molar-refractivity contribution in [1.82, 2.24) is 0 Å². The molecule has 0 N–H and O–H groups in total. The average molecular weight is 304 g/mol. The van der Waals surface area contributed by atoms with Crippen molar-refractivity contribution in [3.05, 3.63) is 97.1 Å². The predicted molar refractivity (Wildman–Crippen MR) is 102 cm³/mol. The maximum Gasteiger partial charge on any atom is -0.0184 e. The minimum absolute atomic E-state index is 1.25. The third kappa shape index (κ3) is 2.16. The first kappa shape index (κ1) is 13.3. The Hall–Kier alpha value is -3.12. The zero-order chi connectivity index (χ0) is 15.9. The van der Waals surface area contributed by atoms with E-state index in [0.29, 0.717) is 0 Å². The molecule has 0 heteroatoms. The first-order valence-corrected chi connectivity index (χ1v) is 8.29. The molecule has 14 rings (SSSR count). The fourth-order valence-corrected chi connectivity index (χ4v) is 3.42. The molecule has 4 aromatic carbocycles. The van der Waals surface area contributed by atoms with Gasteiger partial charge in [-0.15, -0.1) is 0 Å². The minimum Gasteiger partial charge on any atom is -0.0538 e. The van der Waals surface area contributed by atoms with Gasteiger partial charge in [-0.05, 0) is 44.5 Å². The summed E-state index contributed by atoms with van der Waals surface area (Å²) in [7, 11) is 0. The van der Waals surface area contributed by atoms with Crippen molar-refractivity contribution in [2.45, 2.75) is 0 Å². The SMILES string of the molecule is c1cc2ccc1-c1ccc(cc1)-c1ccc(cc1)-c1ccc-2cc1. The van der Waals surface area contributed by atoms with Crippen molar-refractivity contribution in [2.75, 3.05) is 0 Å². The molecule has 0 spiro atoms. The summed E-state index contributed by atoms with van der Waals surface area (Å²) >= 11 is 0. The van der Waals surface area contributed by atoms with E-state index in [1.54, 1.807) is 0 Å². The van der Waals surface area contributed by atoms with Crippen LogP contribution in [0.4, 0.5) is 0 Å². The minimum atomic E-state index is 1.25. The van der Waals surface area contributed by atoms with Crippen LogP contribution in [0.1, 0.15) is 0 Å². The summed E-state index contributed by atoms with van der Waals surface area (Å²) in [5.41, 5.74) is 10.0. The van der Waals surface area contributed by atoms with E-state index in [4.69, 9.17) is 0 Å². The van der Waals surface area contributed by atoms with Gasteiger partial charge in [0.05, 0.1) is 0 Å². The van der Waals surface area contributed by atoms with Gasteiger partial charge in [0, 0.05) is 0 Å². The predicted octanol–water partition coefficient (Wildman–Crippen LogP) is 6.67. The molecule has 8 bridgehead atoms. The van der Waals surface area contributed by atoms with Crippen molar-refractivity contribution >= 4 is 0 Å². The molecule has 0 unspecified atom stereocenters. The second-order valence-corrected chi connectivity index (χ2v) is 6.31. The Morgan fingerprint density at radius 3 is 0.333 bits per heavy atom. The fraction of sp³-hybridized carbons (Fsp3) is 0. The van der Waals surface area contributed by atoms with Crippen molar-refractivity contribution in [3.8, 4) is 44.5 Å². The molecule has 0 saturated carbocycles. The van der Waals surface area contributed by atoms with E-state index < -0.39 is 0 Å². The number of benzene rings is 4. The van der Waals surface area contributed by atoms with Crippen LogP contribution in [0.15, 0.2) is 97.1 Å². The lowest BCUT2D eigenvalue weighted by molar-refractivity contribution is 1.55. The third-order valence-electron chi connectivity index (χ3n) is 4.87. The van der Waals surface area contributed by atoms with Crippen LogP contribution in [0.25, 0.3) is 44.5 Å². The Morgan fingerprint density at radius 1 is 0.167 bits per heavy atom. The topological polar surface area (TPSA) is 0 Å². The number of hydrogen-bond acceptors (Lipinski definition) is 0. The van der Waals surface area contributed by atoms with E-state index in [0.717, 1.165) is 0 Å². The molecule has 24 heavy (non-hydrogen) atoms. The second-order valence-electron chi connectivity index (χ2n) is 6.31. The summed E-state index contributed by atoms with van der Waals surface area (Å²) in [6.45, 7) is 0. The van der Waals surface area contributed by atoms with E-state index in [9.17, 15) is 0 Å². The number of rotatable bonds is 0. The van der Waals surface area contributed by atoms with Crippen LogP contribution < -0.4 is 0 Å². The quantitative estimate of drug-likeness (QED) is 0.300. The molecule has 0 amide bonds. The van der Waals surface area contributed by atoms with E-state index in [1.165, 1.54) is 44.5 Å². The largest absolute Gasteiger partial charge is 0.0538 e. The average Bonchev–Trinajstić information content (AvgIpc) is 2.68. The molecule has 0 heterocycles. The van der Waals surface area contributed by atoms with Gasteiger partial charge in [-0.25, -0.2) is 0 Å². The summed E-state index contributed by atoms with van der Waals surface area (Å²) in [5, 5.41) is 0. The molecule has 4 aromatic rings. The molecule has 0 atom stereocenters. The smallest absolute Gasteiger partial charge is 0.0184 e. The fourth-order valence-electron chi connectivity index (χ4n) is 3.42. The summed E-state index contributed by atoms with van der Waals surface area (Å²) in [5.74, 6) is 0. The lowest BCUT2D eigenvalue weighted by Gasteiger charge is -2.10. The monoisotopic (exact) mass is 304 g/mol. The first-order valence-electron chi connectivity index (χ1n) is 8.29. The van der Waals surface area contributed by atoms with Gasteiger partial charge in [0.1, 0.15) is 0 Å². The van der Waals surface area contributed by atoms with Crippen LogP contribution in [0.5, 0.6) is 0 Å². The van der Waals surface area contributed by atoms with Gasteiger partial charge in [-0.2, -0.15) is 0 Å². The molecule has 10 aliphatic rings. The van der Waals surface area contributed by atoms with Crippen molar-refractivity contribution in [1.29, 1.82) is 0 Å². The van der Waals surface area contributed by atoms with Gasteiger partial charge in [-0.3, -0.25) is 0 Å². The van der Waals surface area contributed by atoms with Gasteiger partial charge in [-0.1, -0.05) is 97.1 Å². The van der Waals surface area contributed by atoms with Crippen molar-refractivity contribution in [3.63, 3.8) is 0 Å². The summed E-state index contributed by atoms with van der Waals surface area (Å²) in [6, 6.07) is 35.3. The van der Waals surface area contributed by atoms with Crippen molar-refractivity contribution < 1.29 is 0 Å². The molecule has 10 aliphatic carbocycles. The maximum atomic E-state index is 2.21. The van der Waals surface area contributed by atoms with Gasteiger partial charge >= 0.3 is 0 Å². The van der Waals surface area contributed by atoms with Crippen LogP contribution >= 0.6 is 0 Å². The van der Waals surface area contributed by atoms with Crippen LogP contribution in [-0.4, -0.2) is 0 Å². The zero-order valence-corrected chi connectivity index (χ0v) is 13.2. The Morgan fingerprint density at radius 2 is 0.250 bits per heavy atom. The zero-order valence-electron chi connectivity index (χ0n) is 13.2. The Bertz CT molecular complexity index is 730. The van der Waals surface area contributed by atoms with Crippen molar-refractivity contribution in [2.24, 2.45) is 0 Å². The molecule has 0 radical (unpaired) electrons. The highest BCUT2D eigenvalue weighted by atomic mass is 14.1. The van der Waals surface area contributed by atoms with E-state index in [2.05, 4.69) is 97.1 Å². The van der Waals surface area contributed by atoms with E-state index in [1.807, 2.05) is 0 Å². The molecule has 0 aliphatic heterocycles. The van der Waals surface area contributed by atoms with Crippen LogP contribution in [0, 0.1) is 0 Å². The lowest BCUT2D eigenvalue weighted by Crippen LogP contribution is -1.85. The number of hydrogen-bond donors (Lipinski definition) is 0. The highest BCUT2D eigenvalue weighted by Gasteiger charge is 2.05. The molecule has 0 aromatic heterocycles. The molecular weight excluding hydrogens is 288 g/mol. The third-order valence-corrected chi connectivity index (χ3v) is 4.87. The molecular formula is C24H16. The van der Waals surface area contributed by atoms with Crippen LogP contribution in [0.2, 0.25) is 0 Å². The van der Waals surface area contributed by atoms with Gasteiger partial charge in [0.2, 0.25) is 0 Å². The first-order chi connectivity index (χ1) is 11.9. The van der Waals surface area contributed by atoms with E-state index in [-0.39, 0.29) is 0 Å².